The maximum atomic E-state index is 12.3. The number of hydrogen-bond acceptors (Lipinski definition) is 3. The molecule has 1 saturated heterocycles. The fourth-order valence-corrected chi connectivity index (χ4v) is 4.62. The van der Waals surface area contributed by atoms with Crippen LogP contribution in [0.2, 0.25) is 0 Å². The molecule has 1 heterocycles. The van der Waals surface area contributed by atoms with Crippen LogP contribution in [0.5, 0.6) is 0 Å². The summed E-state index contributed by atoms with van der Waals surface area (Å²) in [6, 6.07) is 0. The van der Waals surface area contributed by atoms with Crippen LogP contribution in [0.15, 0.2) is 0 Å². The Morgan fingerprint density at radius 3 is 2.10 bits per heavy atom. The van der Waals surface area contributed by atoms with Crippen molar-refractivity contribution >= 4 is 10.0 Å². The van der Waals surface area contributed by atoms with Gasteiger partial charge in [0.05, 0.1) is 11.9 Å². The van der Waals surface area contributed by atoms with Crippen molar-refractivity contribution in [3.8, 4) is 0 Å². The van der Waals surface area contributed by atoms with Crippen LogP contribution in [0.1, 0.15) is 54.4 Å². The molecule has 0 spiro atoms. The predicted octanol–water partition coefficient (Wildman–Crippen LogP) is 2.48. The maximum Gasteiger partial charge on any atom is 0.214 e. The average Bonchev–Trinajstić information content (AvgIpc) is 2.24. The molecular weight excluding hydrogens is 274 g/mol. The molecule has 0 radical (unpaired) electrons. The highest BCUT2D eigenvalue weighted by Crippen LogP contribution is 2.35. The van der Waals surface area contributed by atoms with Crippen molar-refractivity contribution in [3.05, 3.63) is 0 Å². The summed E-state index contributed by atoms with van der Waals surface area (Å²) in [4.78, 5) is 0. The van der Waals surface area contributed by atoms with Gasteiger partial charge in [-0.2, -0.15) is 4.31 Å². The number of piperidine rings is 1. The molecule has 0 aromatic rings. The van der Waals surface area contributed by atoms with Crippen molar-refractivity contribution in [2.24, 2.45) is 16.7 Å². The van der Waals surface area contributed by atoms with E-state index in [9.17, 15) is 13.5 Å². The van der Waals surface area contributed by atoms with Crippen molar-refractivity contribution in [2.75, 3.05) is 18.8 Å². The van der Waals surface area contributed by atoms with Gasteiger partial charge in [0.2, 0.25) is 10.0 Å². The second-order valence-electron chi connectivity index (χ2n) is 8.31. The topological polar surface area (TPSA) is 57.6 Å². The molecule has 0 saturated carbocycles. The normalized spacial score (nSPS) is 26.8. The van der Waals surface area contributed by atoms with Crippen LogP contribution >= 0.6 is 0 Å². The van der Waals surface area contributed by atoms with Gasteiger partial charge in [-0.1, -0.05) is 41.5 Å². The molecule has 1 rings (SSSR count). The number of aliphatic hydroxyl groups is 1. The van der Waals surface area contributed by atoms with Crippen LogP contribution in [0.3, 0.4) is 0 Å². The van der Waals surface area contributed by atoms with E-state index in [2.05, 4.69) is 20.8 Å². The Bertz CT molecular complexity index is 417. The highest BCUT2D eigenvalue weighted by Gasteiger charge is 2.39. The number of hydrogen-bond donors (Lipinski definition) is 1. The number of nitrogens with zero attached hydrogens (tertiary/aromatic N) is 1. The Labute approximate surface area is 124 Å². The lowest BCUT2D eigenvalue weighted by molar-refractivity contribution is -0.00212. The lowest BCUT2D eigenvalue weighted by Crippen LogP contribution is -2.50. The van der Waals surface area contributed by atoms with Crippen molar-refractivity contribution in [1.82, 2.24) is 4.31 Å². The minimum absolute atomic E-state index is 0.00934. The molecule has 2 unspecified atom stereocenters. The van der Waals surface area contributed by atoms with E-state index in [-0.39, 0.29) is 29.0 Å². The third kappa shape index (κ3) is 5.01. The van der Waals surface area contributed by atoms with Gasteiger partial charge in [0.25, 0.3) is 0 Å². The van der Waals surface area contributed by atoms with E-state index in [4.69, 9.17) is 0 Å². The summed E-state index contributed by atoms with van der Waals surface area (Å²) in [6.45, 7) is 13.2. The second-order valence-corrected chi connectivity index (χ2v) is 10.4. The molecule has 5 heteroatoms. The first kappa shape index (κ1) is 17.9. The minimum atomic E-state index is -3.25. The second kappa shape index (κ2) is 5.93. The Morgan fingerprint density at radius 1 is 1.15 bits per heavy atom. The van der Waals surface area contributed by atoms with Crippen molar-refractivity contribution < 1.29 is 13.5 Å². The third-order valence-corrected chi connectivity index (χ3v) is 6.00. The largest absolute Gasteiger partial charge is 0.391 e. The highest BCUT2D eigenvalue weighted by molar-refractivity contribution is 7.89. The van der Waals surface area contributed by atoms with Crippen LogP contribution in [-0.4, -0.2) is 42.8 Å². The van der Waals surface area contributed by atoms with Gasteiger partial charge in [0.15, 0.2) is 0 Å². The van der Waals surface area contributed by atoms with Crippen LogP contribution in [0.25, 0.3) is 0 Å². The van der Waals surface area contributed by atoms with E-state index in [0.717, 1.165) is 6.42 Å². The van der Waals surface area contributed by atoms with E-state index < -0.39 is 16.1 Å². The Morgan fingerprint density at radius 2 is 1.70 bits per heavy atom. The lowest BCUT2D eigenvalue weighted by atomic mass is 9.74. The number of rotatable bonds is 3. The number of β-amino-alcohol motifs (C(OH)–C–C–N with tert-alkyl or cyclic N) is 1. The van der Waals surface area contributed by atoms with E-state index in [1.807, 2.05) is 20.8 Å². The molecular formula is C15H31NO3S. The van der Waals surface area contributed by atoms with Crippen LogP contribution in [-0.2, 0) is 10.0 Å². The monoisotopic (exact) mass is 305 g/mol. The molecule has 0 amide bonds. The molecule has 1 aliphatic heterocycles. The third-order valence-electron chi connectivity index (χ3n) is 4.16. The number of sulfonamides is 1. The standard InChI is InChI=1S/C15H31NO3S/c1-14(2,3)8-10-20(18,19)16-9-7-12(13(17)11-16)15(4,5)6/h12-13,17H,7-11H2,1-6H3. The molecule has 1 N–H and O–H groups in total. The van der Waals surface area contributed by atoms with Gasteiger partial charge in [-0.05, 0) is 29.6 Å². The Hall–Kier alpha value is -0.130. The fourth-order valence-electron chi connectivity index (χ4n) is 2.73. The molecule has 1 fully saturated rings. The van der Waals surface area contributed by atoms with Gasteiger partial charge in [0.1, 0.15) is 0 Å². The summed E-state index contributed by atoms with van der Waals surface area (Å²) in [7, 11) is -3.25. The quantitative estimate of drug-likeness (QED) is 0.871. The van der Waals surface area contributed by atoms with Gasteiger partial charge >= 0.3 is 0 Å². The molecule has 0 aromatic heterocycles. The Kier molecular flexibility index (Phi) is 5.32. The average molecular weight is 305 g/mol. The lowest BCUT2D eigenvalue weighted by Gasteiger charge is -2.41. The summed E-state index contributed by atoms with van der Waals surface area (Å²) in [5.41, 5.74) is 0.0239. The zero-order chi connectivity index (χ0) is 15.8. The minimum Gasteiger partial charge on any atom is -0.391 e. The van der Waals surface area contributed by atoms with Crippen LogP contribution in [0, 0.1) is 16.7 Å². The maximum absolute atomic E-state index is 12.3. The molecule has 2 atom stereocenters. The zero-order valence-corrected chi connectivity index (χ0v) is 14.6. The molecule has 20 heavy (non-hydrogen) atoms. The van der Waals surface area contributed by atoms with Crippen molar-refractivity contribution in [2.45, 2.75) is 60.5 Å². The molecule has 120 valence electrons. The van der Waals surface area contributed by atoms with Crippen molar-refractivity contribution in [1.29, 1.82) is 0 Å². The van der Waals surface area contributed by atoms with E-state index in [1.54, 1.807) is 0 Å². The smallest absolute Gasteiger partial charge is 0.214 e. The van der Waals surface area contributed by atoms with Gasteiger partial charge in [-0.25, -0.2) is 8.42 Å². The van der Waals surface area contributed by atoms with Gasteiger partial charge < -0.3 is 5.11 Å². The first-order valence-electron chi connectivity index (χ1n) is 7.49. The van der Waals surface area contributed by atoms with Gasteiger partial charge in [-0.3, -0.25) is 0 Å². The van der Waals surface area contributed by atoms with Crippen LogP contribution in [0.4, 0.5) is 0 Å². The molecule has 0 bridgehead atoms. The van der Waals surface area contributed by atoms with E-state index in [1.165, 1.54) is 4.31 Å². The highest BCUT2D eigenvalue weighted by atomic mass is 32.2. The summed E-state index contributed by atoms with van der Waals surface area (Å²) in [5.74, 6) is 0.334. The molecule has 0 aromatic carbocycles. The summed E-state index contributed by atoms with van der Waals surface area (Å²) in [5, 5.41) is 10.3. The zero-order valence-electron chi connectivity index (χ0n) is 13.8. The number of aliphatic hydroxyl groups excluding tert-OH is 1. The van der Waals surface area contributed by atoms with Crippen LogP contribution < -0.4 is 0 Å². The first-order chi connectivity index (χ1) is 8.83. The molecule has 1 aliphatic rings. The summed E-state index contributed by atoms with van der Waals surface area (Å²) < 4.78 is 26.2. The molecule has 0 aliphatic carbocycles. The van der Waals surface area contributed by atoms with Gasteiger partial charge in [-0.15, -0.1) is 0 Å². The van der Waals surface area contributed by atoms with E-state index in [0.29, 0.717) is 13.0 Å². The first-order valence-corrected chi connectivity index (χ1v) is 9.10. The SMILES string of the molecule is CC(C)(C)CCS(=O)(=O)N1CCC(C(C)(C)C)C(O)C1. The predicted molar refractivity (Wildman–Crippen MR) is 83.0 cm³/mol. The fraction of sp³-hybridized carbons (Fsp3) is 1.00. The molecule has 4 nitrogen and oxygen atoms in total. The summed E-state index contributed by atoms with van der Waals surface area (Å²) in [6.07, 6.45) is 0.817. The van der Waals surface area contributed by atoms with Crippen molar-refractivity contribution in [3.63, 3.8) is 0 Å². The summed E-state index contributed by atoms with van der Waals surface area (Å²) >= 11 is 0. The van der Waals surface area contributed by atoms with E-state index >= 15 is 0 Å². The Balaban J connectivity index is 2.67. The van der Waals surface area contributed by atoms with Gasteiger partial charge in [0, 0.05) is 13.1 Å².